The number of hydrogen-bond donors (Lipinski definition) is 6. The summed E-state index contributed by atoms with van der Waals surface area (Å²) in [6.07, 6.45) is 111. The molecule has 9 nitrogen and oxygen atoms in total. The molecule has 1 rings (SSSR count). The Bertz CT molecular complexity index is 2150. The SMILES string of the molecule is CC/C=C\C/C=C\C/C=C\C/C=C\C/C=C\C/C=C\C/C=C\C/C=C\C/C=C\C/C=C\C/C=C\CCCCCCCCCC(=O)NC(COC1OC(CO)C(O)C(O)C1O)C(O)/C=C/CC/C=C/CC/C=C/CCCCCCCCCCCCCCCCCCCCCCCCC. The van der Waals surface area contributed by atoms with E-state index in [1.807, 2.05) is 6.08 Å². The van der Waals surface area contributed by atoms with E-state index < -0.39 is 49.5 Å². The summed E-state index contributed by atoms with van der Waals surface area (Å²) in [6.45, 7) is 3.66. The molecular formula is C88H147NO8. The van der Waals surface area contributed by atoms with E-state index in [1.165, 1.54) is 167 Å². The van der Waals surface area contributed by atoms with E-state index in [1.54, 1.807) is 6.08 Å². The van der Waals surface area contributed by atoms with E-state index in [4.69, 9.17) is 9.47 Å². The second-order valence-electron chi connectivity index (χ2n) is 26.8. The van der Waals surface area contributed by atoms with Crippen LogP contribution in [0.3, 0.4) is 0 Å². The van der Waals surface area contributed by atoms with Crippen LogP contribution in [0.15, 0.2) is 170 Å². The van der Waals surface area contributed by atoms with Crippen LogP contribution in [0.25, 0.3) is 0 Å². The normalized spacial score (nSPS) is 18.4. The van der Waals surface area contributed by atoms with Crippen LogP contribution in [0.1, 0.15) is 322 Å². The molecule has 0 aromatic heterocycles. The number of carbonyl (C=O) groups excluding carboxylic acids is 1. The fourth-order valence-electron chi connectivity index (χ4n) is 11.6. The maximum atomic E-state index is 13.2. The molecule has 7 unspecified atom stereocenters. The van der Waals surface area contributed by atoms with Crippen molar-refractivity contribution in [1.82, 2.24) is 5.32 Å². The van der Waals surface area contributed by atoms with Crippen molar-refractivity contribution in [2.24, 2.45) is 0 Å². The highest BCUT2D eigenvalue weighted by Gasteiger charge is 2.44. The van der Waals surface area contributed by atoms with Crippen molar-refractivity contribution in [2.75, 3.05) is 13.2 Å². The zero-order valence-electron chi connectivity index (χ0n) is 62.0. The van der Waals surface area contributed by atoms with Gasteiger partial charge in [0.2, 0.25) is 5.91 Å². The topological polar surface area (TPSA) is 149 Å². The Morgan fingerprint density at radius 3 is 0.990 bits per heavy atom. The van der Waals surface area contributed by atoms with E-state index in [0.29, 0.717) is 6.42 Å². The molecule has 552 valence electrons. The molecule has 0 spiro atoms. The first kappa shape index (κ1) is 90.6. The molecule has 1 aliphatic rings. The zero-order valence-corrected chi connectivity index (χ0v) is 62.0. The molecule has 1 amide bonds. The molecule has 1 aliphatic heterocycles. The van der Waals surface area contributed by atoms with Gasteiger partial charge in [-0.25, -0.2) is 0 Å². The van der Waals surface area contributed by atoms with E-state index in [0.717, 1.165) is 135 Å². The number of aliphatic hydroxyl groups is 5. The summed E-state index contributed by atoms with van der Waals surface area (Å²) in [5.41, 5.74) is 0. The Morgan fingerprint density at radius 2 is 0.649 bits per heavy atom. The van der Waals surface area contributed by atoms with Gasteiger partial charge < -0.3 is 40.3 Å². The van der Waals surface area contributed by atoms with E-state index in [2.05, 4.69) is 177 Å². The van der Waals surface area contributed by atoms with Crippen LogP contribution >= 0.6 is 0 Å². The number of amides is 1. The fraction of sp³-hybridized carbons (Fsp3) is 0.670. The summed E-state index contributed by atoms with van der Waals surface area (Å²) in [5.74, 6) is -0.206. The lowest BCUT2D eigenvalue weighted by Gasteiger charge is -2.40. The fourth-order valence-corrected chi connectivity index (χ4v) is 11.6. The average molecular weight is 1350 g/mol. The molecule has 1 heterocycles. The van der Waals surface area contributed by atoms with Gasteiger partial charge in [-0.3, -0.25) is 4.79 Å². The Kier molecular flexibility index (Phi) is 69.3. The van der Waals surface area contributed by atoms with Crippen LogP contribution < -0.4 is 5.32 Å². The van der Waals surface area contributed by atoms with Gasteiger partial charge in [0.15, 0.2) is 6.29 Å². The van der Waals surface area contributed by atoms with Crippen LogP contribution in [-0.4, -0.2) is 87.5 Å². The molecule has 1 saturated heterocycles. The maximum Gasteiger partial charge on any atom is 0.220 e. The second kappa shape index (κ2) is 74.2. The standard InChI is InChI=1S/C88H147NO8/c1-3-5-7-9-11-13-15-17-19-21-23-25-27-29-31-33-35-37-38-39-40-41-42-43-44-46-48-50-52-54-56-58-60-62-64-66-68-70-72-74-76-78-84(92)89-81(80-96-88-87(95)86(94)85(93)83(79-90)97-88)82(91)77-75-73-71-69-67-65-63-61-59-57-55-53-51-49-47-45-36-34-32-30-28-26-24-22-20-18-16-14-12-10-8-6-4-2/h5,7,11,13,17,19,23,25,29,31,35,37,39-40,42-43,46,48,52,54,58-61,67,69,75,77,81-83,85-88,90-91,93-95H,3-4,6,8-10,12,14-16,18,20-22,24,26-28,30,32-34,36,38,41,44-45,47,49-51,53,55-57,62-66,68,70-74,76,78-80H2,1-2H3,(H,89,92)/b7-5-,13-11-,19-17-,25-23-,31-29-,37-35-,40-39-,43-42-,48-46-,54-52-,60-58-,61-59+,69-67+,77-75+. The highest BCUT2D eigenvalue weighted by atomic mass is 16.7. The quantitative estimate of drug-likeness (QED) is 0.0261. The molecule has 6 N–H and O–H groups in total. The summed E-state index contributed by atoms with van der Waals surface area (Å²) in [6, 6.07) is -0.850. The zero-order chi connectivity index (χ0) is 69.9. The molecule has 7 atom stereocenters. The molecule has 9 heteroatoms. The predicted octanol–water partition coefficient (Wildman–Crippen LogP) is 23.2. The summed E-state index contributed by atoms with van der Waals surface area (Å²) in [4.78, 5) is 13.2. The van der Waals surface area contributed by atoms with Gasteiger partial charge in [0.25, 0.3) is 0 Å². The molecular weight excluding hydrogens is 1200 g/mol. The first-order chi connectivity index (χ1) is 47.8. The number of nitrogens with one attached hydrogen (secondary N) is 1. The third kappa shape index (κ3) is 62.3. The van der Waals surface area contributed by atoms with Crippen molar-refractivity contribution in [3.8, 4) is 0 Å². The molecule has 0 radical (unpaired) electrons. The first-order valence-electron chi connectivity index (χ1n) is 39.9. The molecule has 0 aliphatic carbocycles. The van der Waals surface area contributed by atoms with Crippen LogP contribution in [0.4, 0.5) is 0 Å². The van der Waals surface area contributed by atoms with Gasteiger partial charge in [-0.1, -0.05) is 357 Å². The summed E-state index contributed by atoms with van der Waals surface area (Å²) in [7, 11) is 0. The molecule has 0 saturated carbocycles. The third-order valence-electron chi connectivity index (χ3n) is 17.8. The van der Waals surface area contributed by atoms with Crippen molar-refractivity contribution < 1.29 is 39.8 Å². The monoisotopic (exact) mass is 1350 g/mol. The number of ether oxygens (including phenoxy) is 2. The van der Waals surface area contributed by atoms with Crippen LogP contribution in [0.2, 0.25) is 0 Å². The Hall–Kier alpha value is -4.45. The molecule has 0 bridgehead atoms. The van der Waals surface area contributed by atoms with Crippen molar-refractivity contribution in [1.29, 1.82) is 0 Å². The van der Waals surface area contributed by atoms with Crippen LogP contribution in [0.5, 0.6) is 0 Å². The Balaban J connectivity index is 2.16. The van der Waals surface area contributed by atoms with Gasteiger partial charge in [0.05, 0.1) is 25.4 Å². The van der Waals surface area contributed by atoms with Crippen molar-refractivity contribution in [3.05, 3.63) is 170 Å². The van der Waals surface area contributed by atoms with Crippen molar-refractivity contribution in [3.63, 3.8) is 0 Å². The van der Waals surface area contributed by atoms with Crippen molar-refractivity contribution in [2.45, 2.75) is 365 Å². The highest BCUT2D eigenvalue weighted by Crippen LogP contribution is 2.23. The maximum absolute atomic E-state index is 13.2. The minimum Gasteiger partial charge on any atom is -0.394 e. The highest BCUT2D eigenvalue weighted by molar-refractivity contribution is 5.76. The van der Waals surface area contributed by atoms with E-state index in [9.17, 15) is 30.3 Å². The second-order valence-corrected chi connectivity index (χ2v) is 26.8. The van der Waals surface area contributed by atoms with Gasteiger partial charge in [-0.2, -0.15) is 0 Å². The Labute approximate surface area is 596 Å². The summed E-state index contributed by atoms with van der Waals surface area (Å²) >= 11 is 0. The first-order valence-corrected chi connectivity index (χ1v) is 39.9. The van der Waals surface area contributed by atoms with Gasteiger partial charge in [0.1, 0.15) is 24.4 Å². The average Bonchev–Trinajstić information content (AvgIpc) is 0.854. The minimum atomic E-state index is -1.59. The molecule has 1 fully saturated rings. The van der Waals surface area contributed by atoms with E-state index in [-0.39, 0.29) is 12.5 Å². The number of allylic oxidation sites excluding steroid dienone is 27. The lowest BCUT2D eigenvalue weighted by atomic mass is 9.99. The van der Waals surface area contributed by atoms with Crippen LogP contribution in [-0.2, 0) is 14.3 Å². The third-order valence-corrected chi connectivity index (χ3v) is 17.8. The summed E-state index contributed by atoms with van der Waals surface area (Å²) in [5, 5.41) is 54.8. The molecule has 97 heavy (non-hydrogen) atoms. The minimum absolute atomic E-state index is 0.206. The molecule has 0 aromatic rings. The number of aliphatic hydroxyl groups excluding tert-OH is 5. The van der Waals surface area contributed by atoms with Gasteiger partial charge in [-0.05, 0) is 128 Å². The van der Waals surface area contributed by atoms with E-state index >= 15 is 0 Å². The van der Waals surface area contributed by atoms with Crippen LogP contribution in [0, 0.1) is 0 Å². The van der Waals surface area contributed by atoms with Gasteiger partial charge >= 0.3 is 0 Å². The lowest BCUT2D eigenvalue weighted by Crippen LogP contribution is -2.60. The summed E-state index contributed by atoms with van der Waals surface area (Å²) < 4.78 is 11.3. The number of carbonyl (C=O) groups is 1. The van der Waals surface area contributed by atoms with Gasteiger partial charge in [-0.15, -0.1) is 0 Å². The van der Waals surface area contributed by atoms with Crippen molar-refractivity contribution >= 4 is 5.91 Å². The smallest absolute Gasteiger partial charge is 0.220 e. The lowest BCUT2D eigenvalue weighted by molar-refractivity contribution is -0.302. The Morgan fingerprint density at radius 1 is 0.361 bits per heavy atom. The number of hydrogen-bond acceptors (Lipinski definition) is 8. The number of unbranched alkanes of at least 4 members (excludes halogenated alkanes) is 32. The number of rotatable bonds is 68. The molecule has 0 aromatic carbocycles. The van der Waals surface area contributed by atoms with Gasteiger partial charge in [0, 0.05) is 6.42 Å². The predicted molar refractivity (Wildman–Crippen MR) is 419 cm³/mol. The largest absolute Gasteiger partial charge is 0.394 e.